The molecule has 16 heavy (non-hydrogen) atoms. The van der Waals surface area contributed by atoms with Gasteiger partial charge in [0, 0.05) is 5.69 Å². The topological polar surface area (TPSA) is 121 Å². The molecule has 1 heterocycles. The minimum atomic E-state index is -1.16. The summed E-state index contributed by atoms with van der Waals surface area (Å²) in [6.45, 7) is 4.59. The Morgan fingerprint density at radius 2 is 2.06 bits per heavy atom. The third-order valence-electron chi connectivity index (χ3n) is 1.98. The van der Waals surface area contributed by atoms with Crippen LogP contribution in [0.3, 0.4) is 0 Å². The van der Waals surface area contributed by atoms with E-state index in [-0.39, 0.29) is 11.4 Å². The van der Waals surface area contributed by atoms with E-state index in [2.05, 4.69) is 15.5 Å². The van der Waals surface area contributed by atoms with Crippen LogP contribution in [0.4, 0.5) is 5.82 Å². The predicted molar refractivity (Wildman–Crippen MR) is 57.2 cm³/mol. The van der Waals surface area contributed by atoms with Crippen LogP contribution in [0, 0.1) is 6.92 Å². The standard InChI is InChI=1S/C9H14N4O3/c1-4-5(7(14)15)6(13-12-4)11-8(16)9(2,3)10/h10H2,1-3H3,(H,14,15)(H2,11,12,13,16). The summed E-state index contributed by atoms with van der Waals surface area (Å²) in [5, 5.41) is 17.5. The number of nitrogens with two attached hydrogens (primary N) is 1. The van der Waals surface area contributed by atoms with E-state index in [4.69, 9.17) is 10.8 Å². The van der Waals surface area contributed by atoms with E-state index in [1.807, 2.05) is 0 Å². The number of carbonyl (C=O) groups is 2. The highest BCUT2D eigenvalue weighted by Gasteiger charge is 2.25. The number of carbonyl (C=O) groups excluding carboxylic acids is 1. The Morgan fingerprint density at radius 1 is 1.50 bits per heavy atom. The average Bonchev–Trinajstić information content (AvgIpc) is 2.45. The molecule has 0 aliphatic rings. The number of rotatable bonds is 3. The van der Waals surface area contributed by atoms with Crippen LogP contribution in [0.15, 0.2) is 0 Å². The maximum Gasteiger partial charge on any atom is 0.341 e. The van der Waals surface area contributed by atoms with Crippen LogP contribution in [0.25, 0.3) is 0 Å². The lowest BCUT2D eigenvalue weighted by Gasteiger charge is -2.16. The van der Waals surface area contributed by atoms with Crippen LogP contribution in [0.2, 0.25) is 0 Å². The van der Waals surface area contributed by atoms with E-state index in [0.29, 0.717) is 5.69 Å². The number of carboxylic acids is 1. The van der Waals surface area contributed by atoms with Crippen molar-refractivity contribution in [3.05, 3.63) is 11.3 Å². The number of hydrogen-bond acceptors (Lipinski definition) is 4. The van der Waals surface area contributed by atoms with Gasteiger partial charge in [0.25, 0.3) is 0 Å². The maximum absolute atomic E-state index is 11.5. The van der Waals surface area contributed by atoms with Crippen molar-refractivity contribution in [2.24, 2.45) is 5.73 Å². The van der Waals surface area contributed by atoms with E-state index < -0.39 is 17.4 Å². The van der Waals surface area contributed by atoms with E-state index in [0.717, 1.165) is 0 Å². The van der Waals surface area contributed by atoms with Crippen molar-refractivity contribution < 1.29 is 14.7 Å². The zero-order chi connectivity index (χ0) is 12.5. The number of amides is 1. The molecule has 5 N–H and O–H groups in total. The minimum Gasteiger partial charge on any atom is -0.477 e. The highest BCUT2D eigenvalue weighted by atomic mass is 16.4. The fourth-order valence-electron chi connectivity index (χ4n) is 1.05. The first-order valence-electron chi connectivity index (χ1n) is 4.62. The van der Waals surface area contributed by atoms with Gasteiger partial charge in [-0.05, 0) is 20.8 Å². The third-order valence-corrected chi connectivity index (χ3v) is 1.98. The predicted octanol–water partition coefficient (Wildman–Crippen LogP) is 0.0921. The molecule has 0 saturated carbocycles. The van der Waals surface area contributed by atoms with Gasteiger partial charge in [0.2, 0.25) is 5.91 Å². The molecule has 7 nitrogen and oxygen atoms in total. The Hall–Kier alpha value is -1.89. The summed E-state index contributed by atoms with van der Waals surface area (Å²) in [4.78, 5) is 22.4. The number of nitrogens with zero attached hydrogens (tertiary/aromatic N) is 1. The largest absolute Gasteiger partial charge is 0.477 e. The molecule has 0 radical (unpaired) electrons. The summed E-state index contributed by atoms with van der Waals surface area (Å²) in [6.07, 6.45) is 0. The first-order valence-corrected chi connectivity index (χ1v) is 4.62. The van der Waals surface area contributed by atoms with Gasteiger partial charge in [0.15, 0.2) is 5.82 Å². The molecular weight excluding hydrogens is 212 g/mol. The first-order chi connectivity index (χ1) is 7.23. The molecular formula is C9H14N4O3. The maximum atomic E-state index is 11.5. The number of aromatic amines is 1. The van der Waals surface area contributed by atoms with E-state index in [9.17, 15) is 9.59 Å². The second-order valence-corrected chi connectivity index (χ2v) is 4.05. The Morgan fingerprint density at radius 3 is 2.50 bits per heavy atom. The number of nitrogens with one attached hydrogen (secondary N) is 2. The Kier molecular flexibility index (Phi) is 2.99. The van der Waals surface area contributed by atoms with Gasteiger partial charge in [-0.15, -0.1) is 0 Å². The smallest absolute Gasteiger partial charge is 0.341 e. The van der Waals surface area contributed by atoms with Gasteiger partial charge < -0.3 is 16.2 Å². The molecule has 0 aliphatic carbocycles. The Labute approximate surface area is 92.0 Å². The second kappa shape index (κ2) is 3.93. The SMILES string of the molecule is Cc1[nH]nc(NC(=O)C(C)(C)N)c1C(=O)O. The van der Waals surface area contributed by atoms with Crippen LogP contribution in [-0.2, 0) is 4.79 Å². The summed E-state index contributed by atoms with van der Waals surface area (Å²) < 4.78 is 0. The number of hydrogen-bond donors (Lipinski definition) is 4. The molecule has 7 heteroatoms. The van der Waals surface area contributed by atoms with Crippen LogP contribution in [0.1, 0.15) is 29.9 Å². The van der Waals surface area contributed by atoms with E-state index in [1.54, 1.807) is 6.92 Å². The third kappa shape index (κ3) is 2.37. The van der Waals surface area contributed by atoms with Crippen molar-refractivity contribution in [1.82, 2.24) is 10.2 Å². The lowest BCUT2D eigenvalue weighted by atomic mass is 10.1. The highest BCUT2D eigenvalue weighted by Crippen LogP contribution is 2.16. The van der Waals surface area contributed by atoms with E-state index in [1.165, 1.54) is 13.8 Å². The lowest BCUT2D eigenvalue weighted by Crippen LogP contribution is -2.45. The fourth-order valence-corrected chi connectivity index (χ4v) is 1.05. The van der Waals surface area contributed by atoms with Gasteiger partial charge in [-0.3, -0.25) is 9.89 Å². The molecule has 0 aliphatic heterocycles. The zero-order valence-corrected chi connectivity index (χ0v) is 9.29. The summed E-state index contributed by atoms with van der Waals surface area (Å²) in [5.74, 6) is -1.67. The fraction of sp³-hybridized carbons (Fsp3) is 0.444. The minimum absolute atomic E-state index is 0.0199. The molecule has 1 amide bonds. The number of aryl methyl sites for hydroxylation is 1. The first kappa shape index (κ1) is 12.2. The van der Waals surface area contributed by atoms with Gasteiger partial charge >= 0.3 is 5.97 Å². The van der Waals surface area contributed by atoms with Crippen LogP contribution >= 0.6 is 0 Å². The molecule has 0 unspecified atom stereocenters. The van der Waals surface area contributed by atoms with Gasteiger partial charge in [-0.2, -0.15) is 5.10 Å². The van der Waals surface area contributed by atoms with Gasteiger partial charge in [-0.25, -0.2) is 4.79 Å². The molecule has 0 bridgehead atoms. The molecule has 0 fully saturated rings. The summed E-state index contributed by atoms with van der Waals surface area (Å²) in [5.41, 5.74) is 4.78. The number of aromatic nitrogens is 2. The van der Waals surface area contributed by atoms with Crippen molar-refractivity contribution in [1.29, 1.82) is 0 Å². The van der Waals surface area contributed by atoms with Crippen LogP contribution in [-0.4, -0.2) is 32.7 Å². The highest BCUT2D eigenvalue weighted by molar-refractivity contribution is 6.02. The normalized spacial score (nSPS) is 11.2. The number of aromatic carboxylic acids is 1. The van der Waals surface area contributed by atoms with Crippen molar-refractivity contribution in [2.75, 3.05) is 5.32 Å². The molecule has 0 aromatic carbocycles. The van der Waals surface area contributed by atoms with Crippen molar-refractivity contribution >= 4 is 17.7 Å². The van der Waals surface area contributed by atoms with Crippen molar-refractivity contribution in [3.63, 3.8) is 0 Å². The van der Waals surface area contributed by atoms with Gasteiger partial charge in [0.05, 0.1) is 5.54 Å². The molecule has 0 spiro atoms. The molecule has 0 atom stereocenters. The molecule has 1 aromatic heterocycles. The van der Waals surface area contributed by atoms with Crippen LogP contribution in [0.5, 0.6) is 0 Å². The second-order valence-electron chi connectivity index (χ2n) is 4.05. The van der Waals surface area contributed by atoms with Crippen molar-refractivity contribution in [3.8, 4) is 0 Å². The molecule has 0 saturated heterocycles. The number of anilines is 1. The van der Waals surface area contributed by atoms with Crippen LogP contribution < -0.4 is 11.1 Å². The molecule has 1 rings (SSSR count). The van der Waals surface area contributed by atoms with Gasteiger partial charge in [0.1, 0.15) is 5.56 Å². The zero-order valence-electron chi connectivity index (χ0n) is 9.29. The molecule has 1 aromatic rings. The average molecular weight is 226 g/mol. The van der Waals surface area contributed by atoms with Crippen molar-refractivity contribution in [2.45, 2.75) is 26.3 Å². The lowest BCUT2D eigenvalue weighted by molar-refractivity contribution is -0.120. The Bertz CT molecular complexity index is 430. The quantitative estimate of drug-likeness (QED) is 0.582. The van der Waals surface area contributed by atoms with Gasteiger partial charge in [-0.1, -0.05) is 0 Å². The summed E-state index contributed by atoms with van der Waals surface area (Å²) in [6, 6.07) is 0. The van der Waals surface area contributed by atoms with E-state index >= 15 is 0 Å². The summed E-state index contributed by atoms with van der Waals surface area (Å²) >= 11 is 0. The summed E-state index contributed by atoms with van der Waals surface area (Å²) in [7, 11) is 0. The Balaban J connectivity index is 2.99. The monoisotopic (exact) mass is 226 g/mol. The number of carboxylic acid groups (broad SMARTS) is 1. The molecule has 88 valence electrons. The number of H-pyrrole nitrogens is 1.